The van der Waals surface area contributed by atoms with Gasteiger partial charge in [-0.3, -0.25) is 14.5 Å². The molecule has 0 radical (unpaired) electrons. The molecule has 6 heteroatoms. The van der Waals surface area contributed by atoms with Gasteiger partial charge in [-0.05, 0) is 43.6 Å². The largest absolute Gasteiger partial charge is 0.496 e. The van der Waals surface area contributed by atoms with E-state index in [-0.39, 0.29) is 24.4 Å². The maximum absolute atomic E-state index is 12.3. The summed E-state index contributed by atoms with van der Waals surface area (Å²) < 4.78 is 5.53. The number of rotatable bonds is 9. The molecular formula is C24H29N3O3. The molecule has 1 fully saturated rings. The number of hydrogen-bond acceptors (Lipinski definition) is 4. The van der Waals surface area contributed by atoms with Gasteiger partial charge in [0.2, 0.25) is 11.8 Å². The molecule has 1 heterocycles. The van der Waals surface area contributed by atoms with Crippen molar-refractivity contribution in [2.24, 2.45) is 0 Å². The molecule has 2 N–H and O–H groups in total. The molecule has 0 spiro atoms. The number of benzene rings is 2. The van der Waals surface area contributed by atoms with Gasteiger partial charge < -0.3 is 15.4 Å². The Morgan fingerprint density at radius 3 is 2.47 bits per heavy atom. The molecule has 3 rings (SSSR count). The van der Waals surface area contributed by atoms with E-state index in [9.17, 15) is 9.59 Å². The number of carbonyl (C=O) groups is 2. The fourth-order valence-electron chi connectivity index (χ4n) is 3.67. The third-order valence-corrected chi connectivity index (χ3v) is 5.22. The van der Waals surface area contributed by atoms with Crippen molar-refractivity contribution in [1.82, 2.24) is 15.5 Å². The van der Waals surface area contributed by atoms with E-state index < -0.39 is 0 Å². The predicted molar refractivity (Wildman–Crippen MR) is 118 cm³/mol. The molecule has 30 heavy (non-hydrogen) atoms. The molecule has 1 saturated heterocycles. The predicted octanol–water partition coefficient (Wildman–Crippen LogP) is 2.78. The normalized spacial score (nSPS) is 15.1. The molecule has 158 valence electrons. The van der Waals surface area contributed by atoms with E-state index in [1.54, 1.807) is 13.2 Å². The van der Waals surface area contributed by atoms with Crippen LogP contribution in [0.25, 0.3) is 6.08 Å². The average molecular weight is 408 g/mol. The molecule has 0 bridgehead atoms. The Bertz CT molecular complexity index is 861. The van der Waals surface area contributed by atoms with Gasteiger partial charge in [-0.25, -0.2) is 0 Å². The van der Waals surface area contributed by atoms with Crippen LogP contribution in [0.2, 0.25) is 0 Å². The fourth-order valence-corrected chi connectivity index (χ4v) is 3.67. The quantitative estimate of drug-likeness (QED) is 0.627. The molecule has 0 saturated carbocycles. The average Bonchev–Trinajstić information content (AvgIpc) is 3.32. The Labute approximate surface area is 177 Å². The van der Waals surface area contributed by atoms with Crippen molar-refractivity contribution in [3.63, 3.8) is 0 Å². The zero-order valence-corrected chi connectivity index (χ0v) is 17.3. The molecule has 2 amide bonds. The van der Waals surface area contributed by atoms with Gasteiger partial charge in [0.25, 0.3) is 0 Å². The summed E-state index contributed by atoms with van der Waals surface area (Å²) >= 11 is 0. The highest BCUT2D eigenvalue weighted by atomic mass is 16.5. The standard InChI is InChI=1S/C24H29N3O3/c1-30-22-12-6-5-11-20(22)21(27-15-7-8-16-27)17-25-24(29)18-26-23(28)14-13-19-9-3-2-4-10-19/h2-6,9-14,21H,7-8,15-18H2,1H3,(H,25,29)(H,26,28)/b14-13+. The van der Waals surface area contributed by atoms with E-state index in [1.807, 2.05) is 54.6 Å². The fraction of sp³-hybridized carbons (Fsp3) is 0.333. The zero-order chi connectivity index (χ0) is 21.2. The first-order valence-electron chi connectivity index (χ1n) is 10.3. The number of methoxy groups -OCH3 is 1. The molecule has 0 aromatic heterocycles. The Morgan fingerprint density at radius 2 is 1.73 bits per heavy atom. The highest BCUT2D eigenvalue weighted by molar-refractivity contribution is 5.94. The summed E-state index contributed by atoms with van der Waals surface area (Å²) in [5.41, 5.74) is 2.00. The number of para-hydroxylation sites is 1. The van der Waals surface area contributed by atoms with Crippen molar-refractivity contribution in [2.75, 3.05) is 33.3 Å². The lowest BCUT2D eigenvalue weighted by Gasteiger charge is -2.29. The first kappa shape index (κ1) is 21.6. The zero-order valence-electron chi connectivity index (χ0n) is 17.3. The lowest BCUT2D eigenvalue weighted by Crippen LogP contribution is -2.41. The van der Waals surface area contributed by atoms with Crippen LogP contribution in [0.4, 0.5) is 0 Å². The van der Waals surface area contributed by atoms with Crippen molar-refractivity contribution < 1.29 is 14.3 Å². The Balaban J connectivity index is 1.53. The van der Waals surface area contributed by atoms with Crippen LogP contribution in [-0.2, 0) is 9.59 Å². The van der Waals surface area contributed by atoms with E-state index in [1.165, 1.54) is 6.08 Å². The summed E-state index contributed by atoms with van der Waals surface area (Å²) in [5.74, 6) is 0.313. The summed E-state index contributed by atoms with van der Waals surface area (Å²) in [6.45, 7) is 2.41. The van der Waals surface area contributed by atoms with Gasteiger partial charge in [-0.1, -0.05) is 48.5 Å². The third kappa shape index (κ3) is 6.19. The summed E-state index contributed by atoms with van der Waals surface area (Å²) in [7, 11) is 1.66. The number of nitrogens with zero attached hydrogens (tertiary/aromatic N) is 1. The number of nitrogens with one attached hydrogen (secondary N) is 2. The third-order valence-electron chi connectivity index (χ3n) is 5.22. The summed E-state index contributed by atoms with van der Waals surface area (Å²) in [5, 5.41) is 5.60. The number of ether oxygens (including phenoxy) is 1. The first-order valence-corrected chi connectivity index (χ1v) is 10.3. The molecule has 1 aliphatic rings. The monoisotopic (exact) mass is 407 g/mol. The highest BCUT2D eigenvalue weighted by Gasteiger charge is 2.26. The highest BCUT2D eigenvalue weighted by Crippen LogP contribution is 2.31. The van der Waals surface area contributed by atoms with Crippen LogP contribution in [0.1, 0.15) is 30.0 Å². The van der Waals surface area contributed by atoms with E-state index in [0.717, 1.165) is 42.8 Å². The van der Waals surface area contributed by atoms with Crippen molar-refractivity contribution in [1.29, 1.82) is 0 Å². The van der Waals surface area contributed by atoms with E-state index in [0.29, 0.717) is 6.54 Å². The number of amides is 2. The summed E-state index contributed by atoms with van der Waals surface area (Å²) in [4.78, 5) is 26.7. The van der Waals surface area contributed by atoms with Crippen LogP contribution in [0.5, 0.6) is 5.75 Å². The number of likely N-dealkylation sites (tertiary alicyclic amines) is 1. The topological polar surface area (TPSA) is 70.7 Å². The van der Waals surface area contributed by atoms with Crippen LogP contribution in [0, 0.1) is 0 Å². The van der Waals surface area contributed by atoms with Gasteiger partial charge >= 0.3 is 0 Å². The molecular weight excluding hydrogens is 378 g/mol. The van der Waals surface area contributed by atoms with Crippen LogP contribution >= 0.6 is 0 Å². The summed E-state index contributed by atoms with van der Waals surface area (Å²) in [6, 6.07) is 17.5. The van der Waals surface area contributed by atoms with Crippen LogP contribution < -0.4 is 15.4 Å². The van der Waals surface area contributed by atoms with E-state index >= 15 is 0 Å². The van der Waals surface area contributed by atoms with Crippen molar-refractivity contribution in [3.8, 4) is 5.75 Å². The Hall–Kier alpha value is -3.12. The maximum atomic E-state index is 12.3. The van der Waals surface area contributed by atoms with Gasteiger partial charge in [-0.2, -0.15) is 0 Å². The first-order chi connectivity index (χ1) is 14.7. The maximum Gasteiger partial charge on any atom is 0.244 e. The minimum absolute atomic E-state index is 0.0428. The molecule has 1 aliphatic heterocycles. The Morgan fingerprint density at radius 1 is 1.03 bits per heavy atom. The smallest absolute Gasteiger partial charge is 0.244 e. The lowest BCUT2D eigenvalue weighted by molar-refractivity contribution is -0.124. The minimum atomic E-state index is -0.296. The minimum Gasteiger partial charge on any atom is -0.496 e. The second kappa shape index (κ2) is 11.2. The van der Waals surface area contributed by atoms with Crippen LogP contribution in [-0.4, -0.2) is 50.0 Å². The Kier molecular flexibility index (Phi) is 8.03. The van der Waals surface area contributed by atoms with E-state index in [4.69, 9.17) is 4.74 Å². The van der Waals surface area contributed by atoms with E-state index in [2.05, 4.69) is 15.5 Å². The van der Waals surface area contributed by atoms with Gasteiger partial charge in [0, 0.05) is 18.2 Å². The van der Waals surface area contributed by atoms with Gasteiger partial charge in [0.15, 0.2) is 0 Å². The molecule has 1 unspecified atom stereocenters. The molecule has 2 aromatic carbocycles. The van der Waals surface area contributed by atoms with Crippen molar-refractivity contribution in [3.05, 3.63) is 71.8 Å². The van der Waals surface area contributed by atoms with Gasteiger partial charge in [0.05, 0.1) is 19.7 Å². The second-order valence-corrected chi connectivity index (χ2v) is 7.27. The SMILES string of the molecule is COc1ccccc1C(CNC(=O)CNC(=O)/C=C/c1ccccc1)N1CCCC1. The molecule has 1 atom stereocenters. The molecule has 6 nitrogen and oxygen atoms in total. The van der Waals surface area contributed by atoms with Crippen LogP contribution in [0.15, 0.2) is 60.7 Å². The van der Waals surface area contributed by atoms with Crippen molar-refractivity contribution >= 4 is 17.9 Å². The number of hydrogen-bond donors (Lipinski definition) is 2. The summed E-state index contributed by atoms with van der Waals surface area (Å²) in [6.07, 6.45) is 5.47. The van der Waals surface area contributed by atoms with Gasteiger partial charge in [0.1, 0.15) is 5.75 Å². The lowest BCUT2D eigenvalue weighted by atomic mass is 10.0. The number of carbonyl (C=O) groups excluding carboxylic acids is 2. The molecule has 2 aromatic rings. The molecule has 0 aliphatic carbocycles. The van der Waals surface area contributed by atoms with Gasteiger partial charge in [-0.15, -0.1) is 0 Å². The van der Waals surface area contributed by atoms with Crippen molar-refractivity contribution in [2.45, 2.75) is 18.9 Å². The van der Waals surface area contributed by atoms with Crippen LogP contribution in [0.3, 0.4) is 0 Å². The second-order valence-electron chi connectivity index (χ2n) is 7.27.